The SMILES string of the molecule is CCC1=C[C@@H]2[C@H](C1)C[C@@]2(C#N)CC(=O)O. The summed E-state index contributed by atoms with van der Waals surface area (Å²) in [6.07, 6.45) is 5.02. The molecule has 2 aliphatic carbocycles. The molecule has 0 aromatic rings. The molecule has 0 aromatic heterocycles. The van der Waals surface area contributed by atoms with Gasteiger partial charge in [-0.2, -0.15) is 5.26 Å². The Morgan fingerprint density at radius 1 is 1.80 bits per heavy atom. The number of aliphatic carboxylic acids is 1. The molecular formula is C12H15NO2. The van der Waals surface area contributed by atoms with E-state index >= 15 is 0 Å². The van der Waals surface area contributed by atoms with Gasteiger partial charge in [0.2, 0.25) is 0 Å². The molecular weight excluding hydrogens is 190 g/mol. The molecule has 3 heteroatoms. The van der Waals surface area contributed by atoms with Gasteiger partial charge in [0, 0.05) is 0 Å². The molecule has 1 N–H and O–H groups in total. The number of carbonyl (C=O) groups is 1. The molecule has 15 heavy (non-hydrogen) atoms. The smallest absolute Gasteiger partial charge is 0.304 e. The highest BCUT2D eigenvalue weighted by atomic mass is 16.4. The number of hydrogen-bond acceptors (Lipinski definition) is 2. The molecule has 80 valence electrons. The van der Waals surface area contributed by atoms with Crippen LogP contribution in [0.5, 0.6) is 0 Å². The van der Waals surface area contributed by atoms with Crippen LogP contribution in [0.15, 0.2) is 11.6 Å². The highest BCUT2D eigenvalue weighted by molar-refractivity contribution is 5.69. The fraction of sp³-hybridized carbons (Fsp3) is 0.667. The zero-order valence-electron chi connectivity index (χ0n) is 8.86. The molecule has 2 rings (SSSR count). The minimum Gasteiger partial charge on any atom is -0.481 e. The van der Waals surface area contributed by atoms with Crippen molar-refractivity contribution in [1.29, 1.82) is 5.26 Å². The maximum Gasteiger partial charge on any atom is 0.304 e. The van der Waals surface area contributed by atoms with Crippen molar-refractivity contribution in [3.05, 3.63) is 11.6 Å². The Hall–Kier alpha value is -1.30. The lowest BCUT2D eigenvalue weighted by atomic mass is 9.54. The number of hydrogen-bond donors (Lipinski definition) is 1. The van der Waals surface area contributed by atoms with Crippen LogP contribution in [0.25, 0.3) is 0 Å². The average molecular weight is 205 g/mol. The van der Waals surface area contributed by atoms with Crippen LogP contribution >= 0.6 is 0 Å². The summed E-state index contributed by atoms with van der Waals surface area (Å²) in [5.41, 5.74) is 0.792. The first-order chi connectivity index (χ1) is 7.11. The second-order valence-electron chi connectivity index (χ2n) is 4.71. The number of nitriles is 1. The van der Waals surface area contributed by atoms with Crippen LogP contribution in [0.4, 0.5) is 0 Å². The topological polar surface area (TPSA) is 61.1 Å². The first-order valence-corrected chi connectivity index (χ1v) is 5.44. The molecule has 1 saturated carbocycles. The van der Waals surface area contributed by atoms with Gasteiger partial charge in [0.15, 0.2) is 0 Å². The zero-order chi connectivity index (χ0) is 11.1. The van der Waals surface area contributed by atoms with Crippen molar-refractivity contribution in [3.8, 4) is 6.07 Å². The Labute approximate surface area is 89.4 Å². The largest absolute Gasteiger partial charge is 0.481 e. The van der Waals surface area contributed by atoms with E-state index in [1.807, 2.05) is 0 Å². The molecule has 0 aromatic carbocycles. The van der Waals surface area contributed by atoms with Gasteiger partial charge in [-0.1, -0.05) is 18.6 Å². The van der Waals surface area contributed by atoms with Crippen molar-refractivity contribution >= 4 is 5.97 Å². The quantitative estimate of drug-likeness (QED) is 0.719. The van der Waals surface area contributed by atoms with Crippen LogP contribution in [0, 0.1) is 28.6 Å². The molecule has 0 saturated heterocycles. The molecule has 2 aliphatic rings. The number of carboxylic acids is 1. The van der Waals surface area contributed by atoms with Crippen molar-refractivity contribution in [2.24, 2.45) is 17.3 Å². The standard InChI is InChI=1S/C12H15NO2/c1-2-8-3-9-5-12(7-13,6-11(14)15)10(9)4-8/h4,9-10H,2-3,5-6H2,1H3,(H,14,15)/t9-,10-,12+/m1/s1. The van der Waals surface area contributed by atoms with E-state index in [1.165, 1.54) is 5.57 Å². The third kappa shape index (κ3) is 1.45. The van der Waals surface area contributed by atoms with Crippen LogP contribution in [0.2, 0.25) is 0 Å². The lowest BCUT2D eigenvalue weighted by molar-refractivity contribution is -0.142. The fourth-order valence-electron chi connectivity index (χ4n) is 3.06. The van der Waals surface area contributed by atoms with Crippen molar-refractivity contribution < 1.29 is 9.90 Å². The van der Waals surface area contributed by atoms with Crippen LogP contribution in [0.3, 0.4) is 0 Å². The summed E-state index contributed by atoms with van der Waals surface area (Å²) in [7, 11) is 0. The number of carboxylic acid groups (broad SMARTS) is 1. The maximum atomic E-state index is 10.7. The van der Waals surface area contributed by atoms with E-state index in [0.717, 1.165) is 19.3 Å². The highest BCUT2D eigenvalue weighted by Gasteiger charge is 2.56. The Kier molecular flexibility index (Phi) is 2.30. The summed E-state index contributed by atoms with van der Waals surface area (Å²) >= 11 is 0. The van der Waals surface area contributed by atoms with Gasteiger partial charge in [0.1, 0.15) is 0 Å². The molecule has 0 heterocycles. The Morgan fingerprint density at radius 2 is 2.53 bits per heavy atom. The third-order valence-corrected chi connectivity index (χ3v) is 3.86. The lowest BCUT2D eigenvalue weighted by Crippen LogP contribution is -2.45. The predicted molar refractivity (Wildman–Crippen MR) is 54.9 cm³/mol. The van der Waals surface area contributed by atoms with Crippen LogP contribution < -0.4 is 0 Å². The summed E-state index contributed by atoms with van der Waals surface area (Å²) in [5.74, 6) is -0.110. The van der Waals surface area contributed by atoms with Gasteiger partial charge in [-0.3, -0.25) is 4.79 Å². The Morgan fingerprint density at radius 3 is 3.07 bits per heavy atom. The number of rotatable bonds is 3. The Bertz CT molecular complexity index is 366. The van der Waals surface area contributed by atoms with Gasteiger partial charge in [0.25, 0.3) is 0 Å². The minimum absolute atomic E-state index is 0.00182. The van der Waals surface area contributed by atoms with Crippen LogP contribution in [-0.2, 0) is 4.79 Å². The molecule has 1 fully saturated rings. The molecule has 0 radical (unpaired) electrons. The van der Waals surface area contributed by atoms with Gasteiger partial charge < -0.3 is 5.11 Å². The van der Waals surface area contributed by atoms with Crippen LogP contribution in [0.1, 0.15) is 32.6 Å². The Balaban J connectivity index is 2.16. The molecule has 0 amide bonds. The van der Waals surface area contributed by atoms with Crippen LogP contribution in [-0.4, -0.2) is 11.1 Å². The van der Waals surface area contributed by atoms with Gasteiger partial charge >= 0.3 is 5.97 Å². The third-order valence-electron chi connectivity index (χ3n) is 3.86. The normalized spacial score (nSPS) is 37.5. The van der Waals surface area contributed by atoms with Crippen molar-refractivity contribution in [2.75, 3.05) is 0 Å². The molecule has 3 nitrogen and oxygen atoms in total. The summed E-state index contributed by atoms with van der Waals surface area (Å²) in [5, 5.41) is 18.0. The van der Waals surface area contributed by atoms with E-state index in [9.17, 15) is 4.79 Å². The van der Waals surface area contributed by atoms with Crippen molar-refractivity contribution in [1.82, 2.24) is 0 Å². The molecule has 0 aliphatic heterocycles. The molecule has 0 bridgehead atoms. The molecule has 0 spiro atoms. The number of fused-ring (bicyclic) bond motifs is 1. The molecule has 0 unspecified atom stereocenters. The van der Waals surface area contributed by atoms with Gasteiger partial charge in [-0.25, -0.2) is 0 Å². The summed E-state index contributed by atoms with van der Waals surface area (Å²) in [6.45, 7) is 2.11. The maximum absolute atomic E-state index is 10.7. The fourth-order valence-corrected chi connectivity index (χ4v) is 3.06. The second kappa shape index (κ2) is 3.37. The van der Waals surface area contributed by atoms with Gasteiger partial charge in [-0.05, 0) is 31.1 Å². The summed E-state index contributed by atoms with van der Waals surface area (Å²) in [4.78, 5) is 10.7. The summed E-state index contributed by atoms with van der Waals surface area (Å²) in [6, 6.07) is 2.24. The van der Waals surface area contributed by atoms with E-state index in [2.05, 4.69) is 19.1 Å². The van der Waals surface area contributed by atoms with E-state index in [1.54, 1.807) is 0 Å². The van der Waals surface area contributed by atoms with E-state index in [0.29, 0.717) is 5.92 Å². The van der Waals surface area contributed by atoms with Crippen molar-refractivity contribution in [3.63, 3.8) is 0 Å². The first kappa shape index (κ1) is 10.2. The first-order valence-electron chi connectivity index (χ1n) is 5.44. The van der Waals surface area contributed by atoms with E-state index in [4.69, 9.17) is 10.4 Å². The predicted octanol–water partition coefficient (Wildman–Crippen LogP) is 2.35. The van der Waals surface area contributed by atoms with Crippen molar-refractivity contribution in [2.45, 2.75) is 32.6 Å². The lowest BCUT2D eigenvalue weighted by Gasteiger charge is -2.46. The average Bonchev–Trinajstić information content (AvgIpc) is 2.53. The zero-order valence-corrected chi connectivity index (χ0v) is 8.86. The van der Waals surface area contributed by atoms with Gasteiger partial charge in [0.05, 0.1) is 17.9 Å². The summed E-state index contributed by atoms with van der Waals surface area (Å²) < 4.78 is 0. The number of nitrogens with zero attached hydrogens (tertiary/aromatic N) is 1. The van der Waals surface area contributed by atoms with E-state index in [-0.39, 0.29) is 12.3 Å². The highest BCUT2D eigenvalue weighted by Crippen LogP contribution is 2.59. The second-order valence-corrected chi connectivity index (χ2v) is 4.71. The molecule has 3 atom stereocenters. The van der Waals surface area contributed by atoms with Gasteiger partial charge in [-0.15, -0.1) is 0 Å². The minimum atomic E-state index is -0.853. The number of allylic oxidation sites excluding steroid dienone is 2. The van der Waals surface area contributed by atoms with E-state index < -0.39 is 11.4 Å². The monoisotopic (exact) mass is 205 g/mol.